The lowest BCUT2D eigenvalue weighted by Crippen LogP contribution is -2.32. The predicted molar refractivity (Wildman–Crippen MR) is 135 cm³/mol. The number of rotatable bonds is 5. The highest BCUT2D eigenvalue weighted by atomic mass is 35.5. The van der Waals surface area contributed by atoms with Crippen LogP contribution in [0.4, 0.5) is 0 Å². The van der Waals surface area contributed by atoms with E-state index in [1.165, 1.54) is 11.8 Å². The molecule has 0 bridgehead atoms. The van der Waals surface area contributed by atoms with Crippen molar-refractivity contribution in [3.63, 3.8) is 0 Å². The Labute approximate surface area is 211 Å². The molecule has 1 aliphatic heterocycles. The van der Waals surface area contributed by atoms with Gasteiger partial charge >= 0.3 is 0 Å². The molecule has 1 saturated carbocycles. The molecule has 34 heavy (non-hydrogen) atoms. The molecule has 2 unspecified atom stereocenters. The number of hydrazone groups is 1. The first kappa shape index (κ1) is 23.1. The third-order valence-corrected chi connectivity index (χ3v) is 7.58. The number of amides is 1. The van der Waals surface area contributed by atoms with Crippen LogP contribution in [0.2, 0.25) is 10.0 Å². The van der Waals surface area contributed by atoms with E-state index in [0.717, 1.165) is 41.7 Å². The van der Waals surface area contributed by atoms with Crippen molar-refractivity contribution in [2.24, 2.45) is 18.1 Å². The average molecular weight is 513 g/mol. The highest BCUT2D eigenvalue weighted by Gasteiger charge is 2.43. The van der Waals surface area contributed by atoms with Gasteiger partial charge < -0.3 is 0 Å². The summed E-state index contributed by atoms with van der Waals surface area (Å²) < 4.78 is 1.55. The predicted octanol–water partition coefficient (Wildman–Crippen LogP) is 5.43. The van der Waals surface area contributed by atoms with Crippen molar-refractivity contribution in [1.29, 1.82) is 0 Å². The van der Waals surface area contributed by atoms with Crippen LogP contribution in [0, 0.1) is 5.92 Å². The van der Waals surface area contributed by atoms with Crippen molar-refractivity contribution >= 4 is 52.7 Å². The Hall–Kier alpha value is -2.68. The number of aryl methyl sites for hydroxylation is 1. The van der Waals surface area contributed by atoms with E-state index in [1.807, 2.05) is 48.5 Å². The molecule has 2 aromatic carbocycles. The Bertz CT molecular complexity index is 1260. The highest BCUT2D eigenvalue weighted by molar-refractivity contribution is 7.99. The zero-order chi connectivity index (χ0) is 23.7. The number of nitrogens with zero attached hydrogens (tertiary/aromatic N) is 6. The van der Waals surface area contributed by atoms with Crippen molar-refractivity contribution in [3.05, 3.63) is 75.3 Å². The maximum atomic E-state index is 13.4. The van der Waals surface area contributed by atoms with Gasteiger partial charge in [0.25, 0.3) is 5.91 Å². The summed E-state index contributed by atoms with van der Waals surface area (Å²) >= 11 is 13.5. The van der Waals surface area contributed by atoms with Gasteiger partial charge in [0, 0.05) is 23.0 Å². The molecule has 0 spiro atoms. The number of carbonyl (C=O) groups is 1. The van der Waals surface area contributed by atoms with Crippen LogP contribution in [-0.2, 0) is 11.8 Å². The standard InChI is InChI=1S/C24H22Cl2N6OS/c1-31-24(27-29-30-31)34-14-21(33)32-23(16-7-11-19(26)12-8-16)20-4-2-3-17(22(20)28-32)13-15-5-9-18(25)10-6-15/h5-13,20,23H,2-4,14H2,1H3/b17-13+. The molecule has 174 valence electrons. The number of aromatic nitrogens is 4. The molecule has 0 radical (unpaired) electrons. The molecule has 2 aliphatic rings. The summed E-state index contributed by atoms with van der Waals surface area (Å²) in [5.41, 5.74) is 4.25. The van der Waals surface area contributed by atoms with Gasteiger partial charge in [0.2, 0.25) is 5.16 Å². The van der Waals surface area contributed by atoms with E-state index in [0.29, 0.717) is 15.2 Å². The van der Waals surface area contributed by atoms with E-state index < -0.39 is 0 Å². The van der Waals surface area contributed by atoms with Crippen molar-refractivity contribution < 1.29 is 4.79 Å². The molecule has 1 fully saturated rings. The van der Waals surface area contributed by atoms with Crippen molar-refractivity contribution in [2.75, 3.05) is 5.75 Å². The van der Waals surface area contributed by atoms with Gasteiger partial charge in [-0.2, -0.15) is 5.10 Å². The number of benzene rings is 2. The second-order valence-corrected chi connectivity index (χ2v) is 10.1. The second-order valence-electron chi connectivity index (χ2n) is 8.31. The minimum atomic E-state index is -0.174. The quantitative estimate of drug-likeness (QED) is 0.425. The number of carbonyl (C=O) groups excluding carboxylic acids is 1. The molecular formula is C24H22Cl2N6OS. The topological polar surface area (TPSA) is 76.3 Å². The van der Waals surface area contributed by atoms with Gasteiger partial charge in [-0.25, -0.2) is 9.69 Å². The SMILES string of the molecule is Cn1nnnc1SCC(=O)N1N=C2/C(=C/c3ccc(Cl)cc3)CCCC2C1c1ccc(Cl)cc1. The van der Waals surface area contributed by atoms with Crippen LogP contribution in [0.3, 0.4) is 0 Å². The number of hydrogen-bond donors (Lipinski definition) is 0. The molecule has 10 heteroatoms. The lowest BCUT2D eigenvalue weighted by molar-refractivity contribution is -0.130. The fourth-order valence-electron chi connectivity index (χ4n) is 4.50. The van der Waals surface area contributed by atoms with Crippen LogP contribution in [0.1, 0.15) is 36.4 Å². The number of fused-ring (bicyclic) bond motifs is 1. The Morgan fingerprint density at radius 1 is 1.12 bits per heavy atom. The molecule has 3 aromatic rings. The third kappa shape index (κ3) is 4.76. The van der Waals surface area contributed by atoms with Gasteiger partial charge in [-0.3, -0.25) is 4.79 Å². The summed E-state index contributed by atoms with van der Waals surface area (Å²) in [7, 11) is 1.75. The van der Waals surface area contributed by atoms with Gasteiger partial charge in [0.05, 0.1) is 17.5 Å². The van der Waals surface area contributed by atoms with Crippen LogP contribution in [0.5, 0.6) is 0 Å². The zero-order valence-corrected chi connectivity index (χ0v) is 20.8. The Morgan fingerprint density at radius 3 is 2.50 bits per heavy atom. The van der Waals surface area contributed by atoms with E-state index in [1.54, 1.807) is 16.7 Å². The molecule has 1 aliphatic carbocycles. The third-order valence-electron chi connectivity index (χ3n) is 6.09. The molecule has 2 heterocycles. The number of thioether (sulfide) groups is 1. The molecule has 0 saturated heterocycles. The lowest BCUT2D eigenvalue weighted by Gasteiger charge is -2.29. The van der Waals surface area contributed by atoms with E-state index >= 15 is 0 Å². The zero-order valence-electron chi connectivity index (χ0n) is 18.4. The Kier molecular flexibility index (Phi) is 6.72. The molecule has 0 N–H and O–H groups in total. The first-order valence-electron chi connectivity index (χ1n) is 11.0. The van der Waals surface area contributed by atoms with Gasteiger partial charge in [-0.1, -0.05) is 59.2 Å². The van der Waals surface area contributed by atoms with Crippen LogP contribution in [-0.4, -0.2) is 42.6 Å². The van der Waals surface area contributed by atoms with Gasteiger partial charge in [-0.15, -0.1) is 5.10 Å². The van der Waals surface area contributed by atoms with Crippen LogP contribution >= 0.6 is 35.0 Å². The smallest absolute Gasteiger partial charge is 0.253 e. The summed E-state index contributed by atoms with van der Waals surface area (Å²) in [5.74, 6) is 0.234. The molecule has 5 rings (SSSR count). The Morgan fingerprint density at radius 2 is 1.82 bits per heavy atom. The summed E-state index contributed by atoms with van der Waals surface area (Å²) in [6.07, 6.45) is 5.09. The van der Waals surface area contributed by atoms with Gasteiger partial charge in [0.1, 0.15) is 0 Å². The summed E-state index contributed by atoms with van der Waals surface area (Å²) in [4.78, 5) is 13.4. The number of hydrogen-bond acceptors (Lipinski definition) is 6. The second kappa shape index (κ2) is 9.90. The van der Waals surface area contributed by atoms with Crippen LogP contribution < -0.4 is 0 Å². The van der Waals surface area contributed by atoms with E-state index in [2.05, 4.69) is 21.6 Å². The number of allylic oxidation sites excluding steroid dienone is 1. The van der Waals surface area contributed by atoms with Gasteiger partial charge in [0.15, 0.2) is 0 Å². The minimum Gasteiger partial charge on any atom is -0.272 e. The Balaban J connectivity index is 1.47. The highest BCUT2D eigenvalue weighted by Crippen LogP contribution is 2.44. The molecule has 1 aromatic heterocycles. The first-order chi connectivity index (χ1) is 16.5. The molecular weight excluding hydrogens is 491 g/mol. The van der Waals surface area contributed by atoms with Crippen molar-refractivity contribution in [1.82, 2.24) is 25.2 Å². The maximum absolute atomic E-state index is 13.4. The maximum Gasteiger partial charge on any atom is 0.253 e. The van der Waals surface area contributed by atoms with Crippen molar-refractivity contribution in [3.8, 4) is 0 Å². The fraction of sp³-hybridized carbons (Fsp3) is 0.292. The van der Waals surface area contributed by atoms with E-state index in [9.17, 15) is 4.79 Å². The fourth-order valence-corrected chi connectivity index (χ4v) is 5.45. The first-order valence-corrected chi connectivity index (χ1v) is 12.7. The normalized spacial score (nSPS) is 21.0. The monoisotopic (exact) mass is 512 g/mol. The average Bonchev–Trinajstić information content (AvgIpc) is 3.43. The molecule has 7 nitrogen and oxygen atoms in total. The number of halogens is 2. The summed E-state index contributed by atoms with van der Waals surface area (Å²) in [5, 5.41) is 20.0. The van der Waals surface area contributed by atoms with E-state index in [4.69, 9.17) is 28.3 Å². The van der Waals surface area contributed by atoms with Crippen LogP contribution in [0.15, 0.2) is 64.4 Å². The molecule has 2 atom stereocenters. The number of tetrazole rings is 1. The van der Waals surface area contributed by atoms with Crippen molar-refractivity contribution in [2.45, 2.75) is 30.5 Å². The molecule has 1 amide bonds. The van der Waals surface area contributed by atoms with Crippen LogP contribution in [0.25, 0.3) is 6.08 Å². The summed E-state index contributed by atoms with van der Waals surface area (Å²) in [6.45, 7) is 0. The largest absolute Gasteiger partial charge is 0.272 e. The lowest BCUT2D eigenvalue weighted by atomic mass is 9.77. The van der Waals surface area contributed by atoms with Gasteiger partial charge in [-0.05, 0) is 76.7 Å². The minimum absolute atomic E-state index is 0.0827. The summed E-state index contributed by atoms with van der Waals surface area (Å²) in [6, 6.07) is 15.3. The van der Waals surface area contributed by atoms with E-state index in [-0.39, 0.29) is 23.6 Å².